The van der Waals surface area contributed by atoms with Crippen LogP contribution in [0.5, 0.6) is 17.2 Å². The molecule has 1 saturated heterocycles. The number of phenolic OH excluding ortho intramolecular Hbond substituents is 2. The van der Waals surface area contributed by atoms with Crippen LogP contribution >= 0.6 is 0 Å². The summed E-state index contributed by atoms with van der Waals surface area (Å²) < 4.78 is 17.7. The second-order valence-corrected chi connectivity index (χ2v) is 20.0. The summed E-state index contributed by atoms with van der Waals surface area (Å²) in [6, 6.07) is 9.58. The Bertz CT molecular complexity index is 2680. The van der Waals surface area contributed by atoms with Gasteiger partial charge >= 0.3 is 11.9 Å². The molecule has 3 aromatic carbocycles. The number of aliphatic hydroxyl groups is 2. The van der Waals surface area contributed by atoms with Crippen molar-refractivity contribution in [2.24, 2.45) is 39.6 Å². The van der Waals surface area contributed by atoms with E-state index in [0.29, 0.717) is 49.0 Å². The third-order valence-corrected chi connectivity index (χ3v) is 14.0. The molecule has 3 aromatic rings. The molecule has 0 aliphatic carbocycles. The van der Waals surface area contributed by atoms with Crippen LogP contribution in [0.2, 0.25) is 0 Å². The van der Waals surface area contributed by atoms with Gasteiger partial charge in [0.1, 0.15) is 35.1 Å². The number of anilines is 1. The summed E-state index contributed by atoms with van der Waals surface area (Å²) in [4.78, 5) is 67.4. The Morgan fingerprint density at radius 3 is 2.19 bits per heavy atom. The first-order valence-corrected chi connectivity index (χ1v) is 26.0. The lowest BCUT2D eigenvalue weighted by atomic mass is 9.80. The maximum absolute atomic E-state index is 14.6. The van der Waals surface area contributed by atoms with Crippen LogP contribution in [0.4, 0.5) is 5.69 Å². The van der Waals surface area contributed by atoms with Crippen LogP contribution in [0.25, 0.3) is 10.8 Å². The Labute approximate surface area is 437 Å². The molecule has 402 valence electrons. The molecule has 1 amide bonds. The van der Waals surface area contributed by atoms with Gasteiger partial charge in [0.05, 0.1) is 29.0 Å². The number of ether oxygens (including phenoxy) is 3. The van der Waals surface area contributed by atoms with Crippen molar-refractivity contribution in [3.8, 4) is 30.1 Å². The van der Waals surface area contributed by atoms with Crippen molar-refractivity contribution in [3.05, 3.63) is 93.7 Å². The molecule has 15 nitrogen and oxygen atoms in total. The summed E-state index contributed by atoms with van der Waals surface area (Å²) in [5, 5.41) is 46.4. The molecule has 0 unspecified atom stereocenters. The number of rotatable bonds is 8. The first-order valence-electron chi connectivity index (χ1n) is 26.0. The van der Waals surface area contributed by atoms with Gasteiger partial charge in [-0.05, 0) is 55.9 Å². The SMILES string of the molecule is C#C.C/C1=C/C=C/[C@H](C)C[C@@H](C)[C@@H](O)[C@@H](C)[C@H](OC(=O)CC(=O)OCCc2ccccc2)[C@H](C)C/C=C/C[C@H]2Oc3c(C)c(O)c4c(O)c(c5c(c4c3C2=O)=NC2(CCN(CC(C)C)CC2)N=5)NC1=O.CC.CO. The van der Waals surface area contributed by atoms with Crippen LogP contribution in [0.15, 0.2) is 76.3 Å². The van der Waals surface area contributed by atoms with Crippen molar-refractivity contribution in [2.45, 2.75) is 138 Å². The summed E-state index contributed by atoms with van der Waals surface area (Å²) >= 11 is 0. The van der Waals surface area contributed by atoms with E-state index in [1.165, 1.54) is 0 Å². The number of nitrogens with zero attached hydrogens (tertiary/aromatic N) is 3. The number of allylic oxidation sites excluding steroid dienone is 4. The normalized spacial score (nSPS) is 25.1. The molecule has 0 aromatic heterocycles. The highest BCUT2D eigenvalue weighted by Crippen LogP contribution is 2.48. The first kappa shape index (κ1) is 60.2. The maximum atomic E-state index is 14.6. The second-order valence-electron chi connectivity index (χ2n) is 20.0. The first-order chi connectivity index (χ1) is 35.4. The Morgan fingerprint density at radius 2 is 1.54 bits per heavy atom. The highest BCUT2D eigenvalue weighted by Gasteiger charge is 2.42. The number of likely N-dealkylation sites (tertiary alicyclic amines) is 1. The highest BCUT2D eigenvalue weighted by molar-refractivity contribution is 6.19. The molecular formula is C59H80N4O11. The van der Waals surface area contributed by atoms with E-state index in [9.17, 15) is 34.5 Å². The smallest absolute Gasteiger partial charge is 0.317 e. The molecule has 7 atom stereocenters. The van der Waals surface area contributed by atoms with Crippen LogP contribution in [0.3, 0.4) is 0 Å². The average molecular weight is 1020 g/mol. The molecule has 0 radical (unpaired) electrons. The van der Waals surface area contributed by atoms with Crippen LogP contribution in [-0.2, 0) is 30.3 Å². The predicted octanol–water partition coefficient (Wildman–Crippen LogP) is 8.26. The van der Waals surface area contributed by atoms with Crippen molar-refractivity contribution in [1.82, 2.24) is 4.90 Å². The monoisotopic (exact) mass is 1020 g/mol. The molecule has 74 heavy (non-hydrogen) atoms. The van der Waals surface area contributed by atoms with Crippen molar-refractivity contribution in [3.63, 3.8) is 0 Å². The quantitative estimate of drug-likeness (QED) is 0.0474. The fraction of sp³-hybridized carbons (Fsp3) is 0.525. The Morgan fingerprint density at radius 1 is 0.905 bits per heavy atom. The lowest BCUT2D eigenvalue weighted by molar-refractivity contribution is -0.164. The van der Waals surface area contributed by atoms with Gasteiger partial charge in [-0.1, -0.05) is 116 Å². The van der Waals surface area contributed by atoms with Crippen molar-refractivity contribution in [2.75, 3.05) is 38.7 Å². The number of phenols is 2. The van der Waals surface area contributed by atoms with Crippen LogP contribution in [0.1, 0.15) is 122 Å². The zero-order valence-corrected chi connectivity index (χ0v) is 45.3. The number of esters is 2. The van der Waals surface area contributed by atoms with Gasteiger partial charge < -0.3 is 44.9 Å². The van der Waals surface area contributed by atoms with E-state index < -0.39 is 59.9 Å². The summed E-state index contributed by atoms with van der Waals surface area (Å²) in [6.45, 7) is 21.8. The van der Waals surface area contributed by atoms with Crippen LogP contribution in [0, 0.1) is 49.4 Å². The number of fused-ring (bicyclic) bond motifs is 13. The lowest BCUT2D eigenvalue weighted by Gasteiger charge is -2.36. The van der Waals surface area contributed by atoms with E-state index in [-0.39, 0.29) is 81.0 Å². The molecule has 5 aliphatic rings. The van der Waals surface area contributed by atoms with Crippen molar-refractivity contribution >= 4 is 40.1 Å². The number of nitrogens with one attached hydrogen (secondary N) is 1. The van der Waals surface area contributed by atoms with Gasteiger partial charge in [0, 0.05) is 74.9 Å². The third kappa shape index (κ3) is 14.3. The highest BCUT2D eigenvalue weighted by atomic mass is 16.6. The number of amides is 1. The topological polar surface area (TPSA) is 217 Å². The fourth-order valence-corrected chi connectivity index (χ4v) is 10.2. The number of benzene rings is 3. The molecule has 1 spiro atoms. The Kier molecular flexibility index (Phi) is 22.6. The molecule has 5 bridgehead atoms. The van der Waals surface area contributed by atoms with E-state index in [2.05, 4.69) is 36.9 Å². The predicted molar refractivity (Wildman–Crippen MR) is 288 cm³/mol. The lowest BCUT2D eigenvalue weighted by Crippen LogP contribution is -2.43. The van der Waals surface area contributed by atoms with E-state index in [0.717, 1.165) is 32.3 Å². The van der Waals surface area contributed by atoms with Crippen molar-refractivity contribution < 1.29 is 53.8 Å². The summed E-state index contributed by atoms with van der Waals surface area (Å²) in [5.74, 6) is -3.46. The van der Waals surface area contributed by atoms with Crippen LogP contribution < -0.4 is 20.8 Å². The number of ketones is 1. The third-order valence-electron chi connectivity index (χ3n) is 14.0. The molecule has 5 aliphatic heterocycles. The summed E-state index contributed by atoms with van der Waals surface area (Å²) in [5.41, 5.74) is 0.883. The van der Waals surface area contributed by atoms with E-state index in [4.69, 9.17) is 29.3 Å². The van der Waals surface area contributed by atoms with E-state index in [1.807, 2.05) is 90.1 Å². The number of hydrogen-bond acceptors (Lipinski definition) is 14. The maximum Gasteiger partial charge on any atom is 0.317 e. The Hall–Kier alpha value is -6.34. The van der Waals surface area contributed by atoms with Gasteiger partial charge in [-0.15, -0.1) is 12.8 Å². The molecule has 1 fully saturated rings. The number of aliphatic hydroxyl groups excluding tert-OH is 2. The zero-order chi connectivity index (χ0) is 55.0. The number of piperidine rings is 1. The van der Waals surface area contributed by atoms with Gasteiger partial charge in [-0.2, -0.15) is 0 Å². The van der Waals surface area contributed by atoms with Gasteiger partial charge in [0.2, 0.25) is 5.78 Å². The fourth-order valence-electron chi connectivity index (χ4n) is 10.2. The average Bonchev–Trinajstić information content (AvgIpc) is 3.93. The van der Waals surface area contributed by atoms with E-state index in [1.54, 1.807) is 26.0 Å². The summed E-state index contributed by atoms with van der Waals surface area (Å²) in [7, 11) is 1.00. The zero-order valence-electron chi connectivity index (χ0n) is 45.3. The molecule has 0 saturated carbocycles. The molecule has 15 heteroatoms. The van der Waals surface area contributed by atoms with Gasteiger partial charge in [-0.3, -0.25) is 29.2 Å². The minimum absolute atomic E-state index is 0.0107. The number of aromatic hydroxyl groups is 2. The number of carbonyl (C=O) groups excluding carboxylic acids is 4. The number of hydrogen-bond donors (Lipinski definition) is 5. The van der Waals surface area contributed by atoms with Crippen LogP contribution in [-0.4, -0.2) is 106 Å². The largest absolute Gasteiger partial charge is 0.507 e. The minimum atomic E-state index is -0.972. The molecule has 8 rings (SSSR count). The van der Waals surface area contributed by atoms with Gasteiger partial charge in [0.25, 0.3) is 5.91 Å². The number of terminal acetylenes is 1. The molecule has 5 heterocycles. The standard InChI is InChI=1S/C54H68N4O10.C2H6.C2H2.CH4O/c1-30(2)29-58-24-22-54(23-25-58)56-44-41-42-48(62)36(8)52-43(41)49(63)38(67-52)20-13-12-16-32(4)51(68-40(60)28-39(59)66-26-21-37-18-10-9-11-19-37)35(7)47(61)34(6)27-31(3)15-14-17-33(5)53(65)55-46(50(42)64)45(44)57-54;3*1-2/h9-15,17-19,30-32,34-35,38,47,51,61-62,64H,16,20-29H2,1-8H3,(H,55,65);1-2H3;1-2H;2H,1H3/b13-12+,15-14+,33-17-;;;/t31-,32+,34+,35+,38+,47+,51+;;;/m0.../s1. The Balaban J connectivity index is 0.00000191. The molecule has 5 N–H and O–H groups in total. The van der Waals surface area contributed by atoms with Crippen molar-refractivity contribution in [1.29, 1.82) is 0 Å². The second kappa shape index (κ2) is 27.8. The molecular weight excluding hydrogens is 941 g/mol. The number of Topliss-reactive ketones (excluding diaryl/α,β-unsaturated/α-hetero) is 1. The number of carbonyl (C=O) groups is 4. The minimum Gasteiger partial charge on any atom is -0.507 e. The summed E-state index contributed by atoms with van der Waals surface area (Å²) in [6.07, 6.45) is 16.7. The van der Waals surface area contributed by atoms with E-state index >= 15 is 0 Å². The van der Waals surface area contributed by atoms with Gasteiger partial charge in [-0.25, -0.2) is 0 Å². The van der Waals surface area contributed by atoms with Gasteiger partial charge in [0.15, 0.2) is 17.5 Å².